The Kier molecular flexibility index (Phi) is 1.85. The van der Waals surface area contributed by atoms with E-state index in [2.05, 4.69) is 0 Å². The van der Waals surface area contributed by atoms with Crippen LogP contribution in [0.2, 0.25) is 0 Å². The van der Waals surface area contributed by atoms with Crippen molar-refractivity contribution in [1.29, 1.82) is 0 Å². The van der Waals surface area contributed by atoms with Gasteiger partial charge in [0.05, 0.1) is 0 Å². The molecule has 0 aliphatic heterocycles. The first kappa shape index (κ1) is 8.56. The van der Waals surface area contributed by atoms with Crippen molar-refractivity contribution in [1.82, 2.24) is 0 Å². The lowest BCUT2D eigenvalue weighted by Gasteiger charge is -2.04. The molecule has 3 nitrogen and oxygen atoms in total. The van der Waals surface area contributed by atoms with E-state index in [0.29, 0.717) is 22.6 Å². The molecule has 0 fully saturated rings. The van der Waals surface area contributed by atoms with Gasteiger partial charge in [0.25, 0.3) is 0 Å². The maximum atomic E-state index is 10.7. The predicted octanol–water partition coefficient (Wildman–Crippen LogP) is 2.06. The number of rotatable bonds is 1. The second-order valence-corrected chi connectivity index (χ2v) is 2.99. The van der Waals surface area contributed by atoms with Crippen molar-refractivity contribution in [3.8, 4) is 11.5 Å². The summed E-state index contributed by atoms with van der Waals surface area (Å²) in [6, 6.07) is 7.66. The van der Waals surface area contributed by atoms with Crippen LogP contribution in [0.1, 0.15) is 10.4 Å². The minimum absolute atomic E-state index is 0.000463. The van der Waals surface area contributed by atoms with Gasteiger partial charge in [0.1, 0.15) is 11.5 Å². The lowest BCUT2D eigenvalue weighted by atomic mass is 10.0. The molecule has 0 heterocycles. The number of carbonyl (C=O) groups is 1. The molecule has 0 bridgehead atoms. The molecule has 2 N–H and O–H groups in total. The zero-order valence-corrected chi connectivity index (χ0v) is 7.27. The van der Waals surface area contributed by atoms with Gasteiger partial charge in [-0.3, -0.25) is 4.79 Å². The molecule has 0 aliphatic carbocycles. The standard InChI is InChI=1S/C11H8O3/c12-6-7-2-1-3-8-9(13)4-5-10(14)11(7)8/h1-6,13-14H. The number of benzene rings is 2. The fourth-order valence-electron chi connectivity index (χ4n) is 1.50. The first-order valence-electron chi connectivity index (χ1n) is 4.13. The van der Waals surface area contributed by atoms with Crippen LogP contribution in [0.15, 0.2) is 30.3 Å². The maximum Gasteiger partial charge on any atom is 0.150 e. The van der Waals surface area contributed by atoms with E-state index in [1.807, 2.05) is 0 Å². The van der Waals surface area contributed by atoms with E-state index in [-0.39, 0.29) is 11.5 Å². The molecule has 0 saturated heterocycles. The van der Waals surface area contributed by atoms with E-state index in [1.54, 1.807) is 18.2 Å². The van der Waals surface area contributed by atoms with Crippen molar-refractivity contribution >= 4 is 17.1 Å². The molecule has 0 spiro atoms. The minimum atomic E-state index is 0.000463. The molecular weight excluding hydrogens is 180 g/mol. The van der Waals surface area contributed by atoms with Crippen LogP contribution in [0.3, 0.4) is 0 Å². The Morgan fingerprint density at radius 3 is 2.43 bits per heavy atom. The number of fused-ring (bicyclic) bond motifs is 1. The number of aromatic hydroxyl groups is 2. The highest BCUT2D eigenvalue weighted by atomic mass is 16.3. The second-order valence-electron chi connectivity index (χ2n) is 2.99. The van der Waals surface area contributed by atoms with Crippen LogP contribution in [0.4, 0.5) is 0 Å². The van der Waals surface area contributed by atoms with Crippen LogP contribution in [0.5, 0.6) is 11.5 Å². The number of phenols is 2. The average Bonchev–Trinajstić information content (AvgIpc) is 2.23. The highest BCUT2D eigenvalue weighted by Crippen LogP contribution is 2.33. The third-order valence-corrected chi connectivity index (χ3v) is 2.15. The van der Waals surface area contributed by atoms with E-state index >= 15 is 0 Å². The van der Waals surface area contributed by atoms with E-state index in [1.165, 1.54) is 12.1 Å². The van der Waals surface area contributed by atoms with E-state index < -0.39 is 0 Å². The normalized spacial score (nSPS) is 10.3. The molecule has 2 aromatic carbocycles. The van der Waals surface area contributed by atoms with Crippen LogP contribution in [-0.4, -0.2) is 16.5 Å². The molecule has 0 radical (unpaired) electrons. The zero-order valence-electron chi connectivity index (χ0n) is 7.27. The first-order chi connectivity index (χ1) is 6.74. The summed E-state index contributed by atoms with van der Waals surface area (Å²) < 4.78 is 0. The van der Waals surface area contributed by atoms with Gasteiger partial charge in [0.15, 0.2) is 6.29 Å². The molecule has 0 unspecified atom stereocenters. The summed E-state index contributed by atoms with van der Waals surface area (Å²) in [5.41, 5.74) is 0.371. The SMILES string of the molecule is O=Cc1cccc2c(O)ccc(O)c12. The molecule has 0 aromatic heterocycles. The molecule has 3 heteroatoms. The van der Waals surface area contributed by atoms with Gasteiger partial charge in [-0.25, -0.2) is 0 Å². The Morgan fingerprint density at radius 2 is 1.71 bits per heavy atom. The molecular formula is C11H8O3. The first-order valence-corrected chi connectivity index (χ1v) is 4.13. The third-order valence-electron chi connectivity index (χ3n) is 2.15. The van der Waals surface area contributed by atoms with Crippen molar-refractivity contribution in [3.63, 3.8) is 0 Å². The monoisotopic (exact) mass is 188 g/mol. The summed E-state index contributed by atoms with van der Waals surface area (Å²) in [6.07, 6.45) is 0.654. The van der Waals surface area contributed by atoms with Crippen LogP contribution >= 0.6 is 0 Å². The summed E-state index contributed by atoms with van der Waals surface area (Å²) in [7, 11) is 0. The zero-order chi connectivity index (χ0) is 10.1. The van der Waals surface area contributed by atoms with Crippen molar-refractivity contribution in [3.05, 3.63) is 35.9 Å². The summed E-state index contributed by atoms with van der Waals surface area (Å²) in [5, 5.41) is 19.9. The van der Waals surface area contributed by atoms with Gasteiger partial charge in [0, 0.05) is 16.3 Å². The summed E-state index contributed by atoms with van der Waals surface area (Å²) in [4.78, 5) is 10.7. The van der Waals surface area contributed by atoms with Crippen LogP contribution < -0.4 is 0 Å². The summed E-state index contributed by atoms with van der Waals surface area (Å²) >= 11 is 0. The number of hydrogen-bond donors (Lipinski definition) is 2. The lowest BCUT2D eigenvalue weighted by Crippen LogP contribution is -1.84. The van der Waals surface area contributed by atoms with Crippen molar-refractivity contribution in [2.24, 2.45) is 0 Å². The average molecular weight is 188 g/mol. The topological polar surface area (TPSA) is 57.5 Å². The number of carbonyl (C=O) groups excluding carboxylic acids is 1. The quantitative estimate of drug-likeness (QED) is 0.532. The van der Waals surface area contributed by atoms with Crippen molar-refractivity contribution in [2.45, 2.75) is 0 Å². The van der Waals surface area contributed by atoms with Gasteiger partial charge in [-0.2, -0.15) is 0 Å². The van der Waals surface area contributed by atoms with E-state index in [9.17, 15) is 15.0 Å². The summed E-state index contributed by atoms with van der Waals surface area (Å²) in [5.74, 6) is 0.0574. The van der Waals surface area contributed by atoms with Gasteiger partial charge < -0.3 is 10.2 Å². The molecule has 0 saturated carbocycles. The maximum absolute atomic E-state index is 10.7. The number of phenolic OH excluding ortho intramolecular Hbond substituents is 2. The van der Waals surface area contributed by atoms with Crippen LogP contribution in [-0.2, 0) is 0 Å². The summed E-state index contributed by atoms with van der Waals surface area (Å²) in [6.45, 7) is 0. The lowest BCUT2D eigenvalue weighted by molar-refractivity contribution is 0.112. The molecule has 0 amide bonds. The van der Waals surface area contributed by atoms with Crippen molar-refractivity contribution in [2.75, 3.05) is 0 Å². The Morgan fingerprint density at radius 1 is 1.00 bits per heavy atom. The second kappa shape index (κ2) is 3.03. The fraction of sp³-hybridized carbons (Fsp3) is 0. The van der Waals surface area contributed by atoms with Crippen LogP contribution in [0.25, 0.3) is 10.8 Å². The molecule has 70 valence electrons. The van der Waals surface area contributed by atoms with E-state index in [4.69, 9.17) is 0 Å². The molecule has 2 aromatic rings. The molecule has 2 rings (SSSR count). The van der Waals surface area contributed by atoms with E-state index in [0.717, 1.165) is 0 Å². The number of aldehydes is 1. The highest BCUT2D eigenvalue weighted by molar-refractivity contribution is 6.03. The smallest absolute Gasteiger partial charge is 0.150 e. The Balaban J connectivity index is 2.99. The Hall–Kier alpha value is -2.03. The van der Waals surface area contributed by atoms with Gasteiger partial charge in [-0.1, -0.05) is 18.2 Å². The number of hydrogen-bond acceptors (Lipinski definition) is 3. The van der Waals surface area contributed by atoms with Gasteiger partial charge in [-0.15, -0.1) is 0 Å². The minimum Gasteiger partial charge on any atom is -0.507 e. The highest BCUT2D eigenvalue weighted by Gasteiger charge is 2.07. The Bertz CT molecular complexity index is 503. The van der Waals surface area contributed by atoms with Gasteiger partial charge in [-0.05, 0) is 12.1 Å². The largest absolute Gasteiger partial charge is 0.507 e. The van der Waals surface area contributed by atoms with Crippen LogP contribution in [0, 0.1) is 0 Å². The van der Waals surface area contributed by atoms with Gasteiger partial charge in [0.2, 0.25) is 0 Å². The molecule has 14 heavy (non-hydrogen) atoms. The fourth-order valence-corrected chi connectivity index (χ4v) is 1.50. The molecule has 0 atom stereocenters. The molecule has 0 aliphatic rings. The third kappa shape index (κ3) is 1.10. The van der Waals surface area contributed by atoms with Gasteiger partial charge >= 0.3 is 0 Å². The van der Waals surface area contributed by atoms with Crippen molar-refractivity contribution < 1.29 is 15.0 Å². The predicted molar refractivity (Wildman–Crippen MR) is 52.7 cm³/mol. The Labute approximate surface area is 80.2 Å².